The molecule has 0 saturated carbocycles. The lowest BCUT2D eigenvalue weighted by molar-refractivity contribution is 0.281. The van der Waals surface area contributed by atoms with Crippen molar-refractivity contribution in [2.75, 3.05) is 12.3 Å². The van der Waals surface area contributed by atoms with Gasteiger partial charge in [0, 0.05) is 19.3 Å². The third-order valence-corrected chi connectivity index (χ3v) is 1.86. The minimum atomic E-state index is -0.152. The number of pyridine rings is 1. The Labute approximate surface area is 76.6 Å². The van der Waals surface area contributed by atoms with Crippen LogP contribution >= 0.6 is 0 Å². The predicted molar refractivity (Wildman–Crippen MR) is 51.4 cm³/mol. The Hall–Kier alpha value is -1.29. The second kappa shape index (κ2) is 4.67. The summed E-state index contributed by atoms with van der Waals surface area (Å²) < 4.78 is 1.56. The van der Waals surface area contributed by atoms with E-state index >= 15 is 0 Å². The van der Waals surface area contributed by atoms with Gasteiger partial charge >= 0.3 is 0 Å². The zero-order valence-electron chi connectivity index (χ0n) is 7.44. The fourth-order valence-electron chi connectivity index (χ4n) is 1.13. The molecule has 72 valence electrons. The average Bonchev–Trinajstić information content (AvgIpc) is 2.13. The van der Waals surface area contributed by atoms with Crippen LogP contribution in [0.5, 0.6) is 0 Å². The van der Waals surface area contributed by atoms with E-state index in [9.17, 15) is 4.79 Å². The molecular weight excluding hydrogens is 168 g/mol. The summed E-state index contributed by atoms with van der Waals surface area (Å²) in [7, 11) is 0. The molecule has 0 fully saturated rings. The second-order valence-corrected chi connectivity index (χ2v) is 2.89. The first-order valence-electron chi connectivity index (χ1n) is 4.31. The van der Waals surface area contributed by atoms with E-state index in [1.807, 2.05) is 0 Å². The number of anilines is 1. The zero-order chi connectivity index (χ0) is 9.68. The molecule has 3 N–H and O–H groups in total. The standard InChI is InChI=1S/C9H14N2O2/c10-8-4-3-6-11(9(8)13)5-1-2-7-12/h3-4,6,12H,1-2,5,7,10H2. The molecule has 4 heteroatoms. The molecule has 0 saturated heterocycles. The van der Waals surface area contributed by atoms with Crippen molar-refractivity contribution < 1.29 is 5.11 Å². The van der Waals surface area contributed by atoms with Crippen molar-refractivity contribution in [3.8, 4) is 0 Å². The summed E-state index contributed by atoms with van der Waals surface area (Å²) in [5.41, 5.74) is 5.56. The summed E-state index contributed by atoms with van der Waals surface area (Å²) in [5, 5.41) is 8.56. The van der Waals surface area contributed by atoms with E-state index < -0.39 is 0 Å². The van der Waals surface area contributed by atoms with Crippen molar-refractivity contribution >= 4 is 5.69 Å². The van der Waals surface area contributed by atoms with Crippen molar-refractivity contribution in [3.05, 3.63) is 28.7 Å². The first-order valence-corrected chi connectivity index (χ1v) is 4.31. The van der Waals surface area contributed by atoms with Crippen LogP contribution in [0.15, 0.2) is 23.1 Å². The molecule has 13 heavy (non-hydrogen) atoms. The maximum Gasteiger partial charge on any atom is 0.273 e. The van der Waals surface area contributed by atoms with E-state index in [0.29, 0.717) is 13.0 Å². The summed E-state index contributed by atoms with van der Waals surface area (Å²) in [6.07, 6.45) is 3.21. The highest BCUT2D eigenvalue weighted by atomic mass is 16.2. The van der Waals surface area contributed by atoms with Gasteiger partial charge in [-0.15, -0.1) is 0 Å². The molecule has 0 aliphatic rings. The van der Waals surface area contributed by atoms with E-state index in [2.05, 4.69) is 0 Å². The topological polar surface area (TPSA) is 68.2 Å². The number of aryl methyl sites for hydroxylation is 1. The highest BCUT2D eigenvalue weighted by Gasteiger charge is 1.97. The minimum absolute atomic E-state index is 0.152. The lowest BCUT2D eigenvalue weighted by atomic mass is 10.3. The quantitative estimate of drug-likeness (QED) is 0.654. The van der Waals surface area contributed by atoms with Gasteiger partial charge in [-0.2, -0.15) is 0 Å². The Balaban J connectivity index is 2.67. The van der Waals surface area contributed by atoms with Crippen LogP contribution < -0.4 is 11.3 Å². The molecule has 0 aliphatic heterocycles. The van der Waals surface area contributed by atoms with Crippen LogP contribution in [0.3, 0.4) is 0 Å². The van der Waals surface area contributed by atoms with Crippen LogP contribution in [0.4, 0.5) is 5.69 Å². The molecule has 0 spiro atoms. The van der Waals surface area contributed by atoms with Crippen molar-refractivity contribution in [2.24, 2.45) is 0 Å². The van der Waals surface area contributed by atoms with E-state index in [4.69, 9.17) is 10.8 Å². The monoisotopic (exact) mass is 182 g/mol. The maximum absolute atomic E-state index is 11.3. The summed E-state index contributed by atoms with van der Waals surface area (Å²) in [6, 6.07) is 3.33. The number of rotatable bonds is 4. The van der Waals surface area contributed by atoms with E-state index in [1.54, 1.807) is 22.9 Å². The van der Waals surface area contributed by atoms with Gasteiger partial charge in [0.1, 0.15) is 0 Å². The van der Waals surface area contributed by atoms with Crippen molar-refractivity contribution in [1.29, 1.82) is 0 Å². The summed E-state index contributed by atoms with van der Waals surface area (Å²) >= 11 is 0. The number of hydrogen-bond acceptors (Lipinski definition) is 3. The Kier molecular flexibility index (Phi) is 3.52. The van der Waals surface area contributed by atoms with Crippen LogP contribution in [0.25, 0.3) is 0 Å². The fraction of sp³-hybridized carbons (Fsp3) is 0.444. The molecule has 0 unspecified atom stereocenters. The van der Waals surface area contributed by atoms with Gasteiger partial charge in [-0.1, -0.05) is 0 Å². The molecule has 0 radical (unpaired) electrons. The largest absolute Gasteiger partial charge is 0.396 e. The first-order chi connectivity index (χ1) is 6.25. The highest BCUT2D eigenvalue weighted by molar-refractivity contribution is 5.33. The second-order valence-electron chi connectivity index (χ2n) is 2.89. The Morgan fingerprint density at radius 3 is 2.92 bits per heavy atom. The third kappa shape index (κ3) is 2.59. The normalized spacial score (nSPS) is 10.2. The van der Waals surface area contributed by atoms with E-state index in [1.165, 1.54) is 0 Å². The van der Waals surface area contributed by atoms with Gasteiger partial charge in [0.15, 0.2) is 0 Å². The minimum Gasteiger partial charge on any atom is -0.396 e. The van der Waals surface area contributed by atoms with Gasteiger partial charge in [0.2, 0.25) is 0 Å². The lowest BCUT2D eigenvalue weighted by Gasteiger charge is -2.04. The number of hydrogen-bond donors (Lipinski definition) is 2. The van der Waals surface area contributed by atoms with E-state index in [-0.39, 0.29) is 17.9 Å². The Morgan fingerprint density at radius 1 is 1.46 bits per heavy atom. The molecule has 1 aromatic rings. The summed E-state index contributed by atoms with van der Waals surface area (Å²) in [4.78, 5) is 11.3. The van der Waals surface area contributed by atoms with Gasteiger partial charge in [-0.25, -0.2) is 0 Å². The molecule has 4 nitrogen and oxygen atoms in total. The van der Waals surface area contributed by atoms with Gasteiger partial charge < -0.3 is 15.4 Å². The Morgan fingerprint density at radius 2 is 2.23 bits per heavy atom. The summed E-state index contributed by atoms with van der Waals surface area (Å²) in [6.45, 7) is 0.779. The van der Waals surface area contributed by atoms with Gasteiger partial charge in [0.05, 0.1) is 5.69 Å². The number of nitrogens with zero attached hydrogens (tertiary/aromatic N) is 1. The number of nitrogens with two attached hydrogens (primary N) is 1. The average molecular weight is 182 g/mol. The molecule has 0 amide bonds. The zero-order valence-corrected chi connectivity index (χ0v) is 7.44. The molecule has 0 aromatic carbocycles. The first kappa shape index (κ1) is 9.80. The number of aromatic nitrogens is 1. The summed E-state index contributed by atoms with van der Waals surface area (Å²) in [5.74, 6) is 0. The number of unbranched alkanes of at least 4 members (excludes halogenated alkanes) is 1. The molecule has 1 heterocycles. The fourth-order valence-corrected chi connectivity index (χ4v) is 1.13. The molecule has 1 rings (SSSR count). The van der Waals surface area contributed by atoms with Crippen LogP contribution in [0.1, 0.15) is 12.8 Å². The lowest BCUT2D eigenvalue weighted by Crippen LogP contribution is -2.22. The maximum atomic E-state index is 11.3. The van der Waals surface area contributed by atoms with Crippen molar-refractivity contribution in [2.45, 2.75) is 19.4 Å². The van der Waals surface area contributed by atoms with Crippen LogP contribution in [-0.2, 0) is 6.54 Å². The number of aliphatic hydroxyl groups is 1. The molecule has 0 aliphatic carbocycles. The third-order valence-electron chi connectivity index (χ3n) is 1.86. The van der Waals surface area contributed by atoms with Gasteiger partial charge in [-0.3, -0.25) is 4.79 Å². The molecule has 0 bridgehead atoms. The van der Waals surface area contributed by atoms with Gasteiger partial charge in [0.25, 0.3) is 5.56 Å². The van der Waals surface area contributed by atoms with Crippen LogP contribution in [0.2, 0.25) is 0 Å². The smallest absolute Gasteiger partial charge is 0.273 e. The molecule has 0 atom stereocenters. The predicted octanol–water partition coefficient (Wildman–Crippen LogP) is 0.203. The van der Waals surface area contributed by atoms with Crippen molar-refractivity contribution in [3.63, 3.8) is 0 Å². The number of nitrogen functional groups attached to an aromatic ring is 1. The van der Waals surface area contributed by atoms with Gasteiger partial charge in [-0.05, 0) is 25.0 Å². The molecular formula is C9H14N2O2. The van der Waals surface area contributed by atoms with Crippen LogP contribution in [-0.4, -0.2) is 16.3 Å². The Bertz CT molecular complexity index is 320. The molecule has 1 aromatic heterocycles. The van der Waals surface area contributed by atoms with Crippen molar-refractivity contribution in [1.82, 2.24) is 4.57 Å². The highest BCUT2D eigenvalue weighted by Crippen LogP contribution is 1.95. The number of aliphatic hydroxyl groups excluding tert-OH is 1. The SMILES string of the molecule is Nc1cccn(CCCCO)c1=O. The van der Waals surface area contributed by atoms with E-state index in [0.717, 1.165) is 6.42 Å². The van der Waals surface area contributed by atoms with Crippen LogP contribution in [0, 0.1) is 0 Å².